The Hall–Kier alpha value is -3.32. The van der Waals surface area contributed by atoms with Crippen molar-refractivity contribution in [2.24, 2.45) is 0 Å². The summed E-state index contributed by atoms with van der Waals surface area (Å²) in [6, 6.07) is 13.3. The first-order valence-corrected chi connectivity index (χ1v) is 10.7. The molecular formula is C25H30N2O5. The van der Waals surface area contributed by atoms with Gasteiger partial charge in [-0.25, -0.2) is 4.79 Å². The number of anilines is 1. The molecule has 1 aliphatic rings. The lowest BCUT2D eigenvalue weighted by molar-refractivity contribution is -0.137. The molecule has 1 heterocycles. The van der Waals surface area contributed by atoms with E-state index in [2.05, 4.69) is 10.2 Å². The zero-order chi connectivity index (χ0) is 22.9. The number of esters is 1. The monoisotopic (exact) mass is 438 g/mol. The molecule has 1 amide bonds. The molecule has 32 heavy (non-hydrogen) atoms. The van der Waals surface area contributed by atoms with Gasteiger partial charge in [0.15, 0.2) is 0 Å². The highest BCUT2D eigenvalue weighted by Gasteiger charge is 2.29. The van der Waals surface area contributed by atoms with Crippen molar-refractivity contribution in [2.75, 3.05) is 39.2 Å². The summed E-state index contributed by atoms with van der Waals surface area (Å²) in [5, 5.41) is 2.95. The highest BCUT2D eigenvalue weighted by Crippen LogP contribution is 2.38. The van der Waals surface area contributed by atoms with Crippen LogP contribution >= 0.6 is 0 Å². The Labute approximate surface area is 189 Å². The molecule has 0 spiro atoms. The summed E-state index contributed by atoms with van der Waals surface area (Å²) in [5.74, 6) is 1.07. The topological polar surface area (TPSA) is 77.1 Å². The number of methoxy groups -OCH3 is 2. The van der Waals surface area contributed by atoms with Gasteiger partial charge in [0.25, 0.3) is 0 Å². The average molecular weight is 439 g/mol. The number of hydrogen-bond acceptors (Lipinski definition) is 6. The molecule has 1 unspecified atom stereocenters. The van der Waals surface area contributed by atoms with Gasteiger partial charge in [-0.1, -0.05) is 18.2 Å². The minimum Gasteiger partial charge on any atom is -0.497 e. The number of rotatable bonds is 9. The maximum atomic E-state index is 12.7. The molecule has 170 valence electrons. The molecule has 0 radical (unpaired) electrons. The van der Waals surface area contributed by atoms with Gasteiger partial charge in [-0.15, -0.1) is 0 Å². The highest BCUT2D eigenvalue weighted by molar-refractivity contribution is 5.92. The number of likely N-dealkylation sites (tertiary alicyclic amines) is 1. The van der Waals surface area contributed by atoms with E-state index in [0.29, 0.717) is 18.8 Å². The van der Waals surface area contributed by atoms with Crippen LogP contribution in [-0.2, 0) is 14.3 Å². The van der Waals surface area contributed by atoms with Crippen LogP contribution in [0.1, 0.15) is 36.9 Å². The lowest BCUT2D eigenvalue weighted by Gasteiger charge is -2.26. The molecule has 2 aromatic carbocycles. The van der Waals surface area contributed by atoms with E-state index < -0.39 is 0 Å². The maximum Gasteiger partial charge on any atom is 0.330 e. The third-order valence-electron chi connectivity index (χ3n) is 5.40. The van der Waals surface area contributed by atoms with E-state index in [-0.39, 0.29) is 17.9 Å². The number of ether oxygens (including phenoxy) is 3. The Morgan fingerprint density at radius 2 is 1.91 bits per heavy atom. The van der Waals surface area contributed by atoms with Gasteiger partial charge in [0.05, 0.1) is 27.4 Å². The summed E-state index contributed by atoms with van der Waals surface area (Å²) >= 11 is 0. The normalized spacial score (nSPS) is 16.2. The predicted molar refractivity (Wildman–Crippen MR) is 124 cm³/mol. The first-order valence-electron chi connectivity index (χ1n) is 10.7. The maximum absolute atomic E-state index is 12.7. The molecule has 1 fully saturated rings. The molecule has 7 nitrogen and oxygen atoms in total. The molecule has 2 aromatic rings. The molecule has 1 N–H and O–H groups in total. The smallest absolute Gasteiger partial charge is 0.330 e. The van der Waals surface area contributed by atoms with Gasteiger partial charge in [-0.2, -0.15) is 0 Å². The van der Waals surface area contributed by atoms with Gasteiger partial charge in [-0.05, 0) is 56.1 Å². The van der Waals surface area contributed by atoms with E-state index in [4.69, 9.17) is 14.2 Å². The number of hydrogen-bond donors (Lipinski definition) is 1. The van der Waals surface area contributed by atoms with Crippen LogP contribution < -0.4 is 14.8 Å². The van der Waals surface area contributed by atoms with Gasteiger partial charge in [0.1, 0.15) is 11.5 Å². The van der Waals surface area contributed by atoms with E-state index >= 15 is 0 Å². The molecule has 0 aliphatic carbocycles. The van der Waals surface area contributed by atoms with Crippen molar-refractivity contribution in [3.63, 3.8) is 0 Å². The average Bonchev–Trinajstić information content (AvgIpc) is 3.25. The molecule has 1 aliphatic heterocycles. The lowest BCUT2D eigenvalue weighted by atomic mass is 10.0. The van der Waals surface area contributed by atoms with Crippen LogP contribution in [0.5, 0.6) is 11.5 Å². The van der Waals surface area contributed by atoms with Crippen molar-refractivity contribution in [1.82, 2.24) is 4.90 Å². The first-order chi connectivity index (χ1) is 15.5. The molecule has 3 rings (SSSR count). The Morgan fingerprint density at radius 3 is 2.59 bits per heavy atom. The van der Waals surface area contributed by atoms with E-state index in [1.54, 1.807) is 27.2 Å². The summed E-state index contributed by atoms with van der Waals surface area (Å²) in [5.41, 5.74) is 2.62. The second-order valence-electron chi connectivity index (χ2n) is 7.49. The largest absolute Gasteiger partial charge is 0.497 e. The summed E-state index contributed by atoms with van der Waals surface area (Å²) in [6.07, 6.45) is 5.06. The number of benzene rings is 2. The van der Waals surface area contributed by atoms with E-state index in [1.807, 2.05) is 42.5 Å². The minimum atomic E-state index is -0.376. The second kappa shape index (κ2) is 11.3. The zero-order valence-electron chi connectivity index (χ0n) is 18.8. The fourth-order valence-electron chi connectivity index (χ4n) is 3.88. The summed E-state index contributed by atoms with van der Waals surface area (Å²) < 4.78 is 15.7. The van der Waals surface area contributed by atoms with Crippen LogP contribution in [0, 0.1) is 0 Å². The zero-order valence-corrected chi connectivity index (χ0v) is 18.8. The molecule has 0 saturated carbocycles. The summed E-state index contributed by atoms with van der Waals surface area (Å²) in [6.45, 7) is 3.26. The number of amides is 1. The van der Waals surface area contributed by atoms with Gasteiger partial charge in [0.2, 0.25) is 5.91 Å². The Kier molecular flexibility index (Phi) is 8.27. The van der Waals surface area contributed by atoms with Gasteiger partial charge in [-0.3, -0.25) is 9.69 Å². The fourth-order valence-corrected chi connectivity index (χ4v) is 3.88. The Bertz CT molecular complexity index is 955. The summed E-state index contributed by atoms with van der Waals surface area (Å²) in [7, 11) is 3.28. The highest BCUT2D eigenvalue weighted by atomic mass is 16.5. The van der Waals surface area contributed by atoms with Gasteiger partial charge < -0.3 is 19.5 Å². The van der Waals surface area contributed by atoms with Crippen molar-refractivity contribution in [3.05, 3.63) is 59.7 Å². The third-order valence-corrected chi connectivity index (χ3v) is 5.40. The lowest BCUT2D eigenvalue weighted by Crippen LogP contribution is -2.33. The standard InChI is InChI=1S/C25H30N2O5/c1-4-32-25(29)14-9-18-7-10-19(11-8-18)26-24(28)17-27-15-5-6-22(27)21-13-12-20(30-2)16-23(21)31-3/h7-14,16,22H,4-6,15,17H2,1-3H3,(H,26,28)/b14-9+. The predicted octanol–water partition coefficient (Wildman–Crippen LogP) is 4.06. The van der Waals surface area contributed by atoms with Gasteiger partial charge >= 0.3 is 5.97 Å². The SMILES string of the molecule is CCOC(=O)/C=C/c1ccc(NC(=O)CN2CCCC2c2ccc(OC)cc2OC)cc1. The number of carbonyl (C=O) groups excluding carboxylic acids is 2. The molecule has 1 saturated heterocycles. The van der Waals surface area contributed by atoms with Crippen molar-refractivity contribution in [3.8, 4) is 11.5 Å². The molecule has 0 aromatic heterocycles. The number of carbonyl (C=O) groups is 2. The second-order valence-corrected chi connectivity index (χ2v) is 7.49. The Morgan fingerprint density at radius 1 is 1.12 bits per heavy atom. The van der Waals surface area contributed by atoms with Gasteiger partial charge in [0, 0.05) is 29.4 Å². The van der Waals surface area contributed by atoms with E-state index in [1.165, 1.54) is 6.08 Å². The number of nitrogens with zero attached hydrogens (tertiary/aromatic N) is 1. The third kappa shape index (κ3) is 6.11. The van der Waals surface area contributed by atoms with Crippen molar-refractivity contribution in [1.29, 1.82) is 0 Å². The fraction of sp³-hybridized carbons (Fsp3) is 0.360. The van der Waals surface area contributed by atoms with Crippen LogP contribution in [0.25, 0.3) is 6.08 Å². The van der Waals surface area contributed by atoms with E-state index in [9.17, 15) is 9.59 Å². The van der Waals surface area contributed by atoms with Crippen LogP contribution in [0.3, 0.4) is 0 Å². The van der Waals surface area contributed by atoms with E-state index in [0.717, 1.165) is 42.0 Å². The number of nitrogens with one attached hydrogen (secondary N) is 1. The van der Waals surface area contributed by atoms with Crippen molar-refractivity contribution >= 4 is 23.6 Å². The van der Waals surface area contributed by atoms with Crippen LogP contribution in [-0.4, -0.2) is 50.7 Å². The molecule has 1 atom stereocenters. The Balaban J connectivity index is 1.60. The minimum absolute atomic E-state index is 0.0702. The molecule has 7 heteroatoms. The summed E-state index contributed by atoms with van der Waals surface area (Å²) in [4.78, 5) is 26.3. The van der Waals surface area contributed by atoms with Crippen molar-refractivity contribution in [2.45, 2.75) is 25.8 Å². The molecule has 0 bridgehead atoms. The molecular weight excluding hydrogens is 408 g/mol. The van der Waals surface area contributed by atoms with Crippen molar-refractivity contribution < 1.29 is 23.8 Å². The quantitative estimate of drug-likeness (QED) is 0.470. The van der Waals surface area contributed by atoms with Crippen LogP contribution in [0.2, 0.25) is 0 Å². The first kappa shape index (κ1) is 23.3. The van der Waals surface area contributed by atoms with Crippen LogP contribution in [0.4, 0.5) is 5.69 Å². The van der Waals surface area contributed by atoms with Crippen LogP contribution in [0.15, 0.2) is 48.5 Å².